The summed E-state index contributed by atoms with van der Waals surface area (Å²) in [6.45, 7) is 4.91. The summed E-state index contributed by atoms with van der Waals surface area (Å²) in [5, 5.41) is 10.6. The predicted molar refractivity (Wildman–Crippen MR) is 99.9 cm³/mol. The summed E-state index contributed by atoms with van der Waals surface area (Å²) < 4.78 is 38.5. The number of nitrogens with zero attached hydrogens (tertiary/aromatic N) is 4. The molecule has 1 N–H and O–H groups in total. The molecule has 1 aliphatic rings. The van der Waals surface area contributed by atoms with Crippen molar-refractivity contribution in [1.29, 1.82) is 0 Å². The van der Waals surface area contributed by atoms with E-state index in [1.165, 1.54) is 10.4 Å². The highest BCUT2D eigenvalue weighted by atomic mass is 32.2. The number of H-pyrrole nitrogens is 1. The Kier molecular flexibility index (Phi) is 5.07. The second-order valence-electron chi connectivity index (χ2n) is 7.44. The average Bonchev–Trinajstić information content (AvgIpc) is 3.42. The summed E-state index contributed by atoms with van der Waals surface area (Å²) in [5.74, 6) is 1.92. The molecule has 0 amide bonds. The highest BCUT2D eigenvalue weighted by Crippen LogP contribution is 2.31. The predicted octanol–water partition coefficient (Wildman–Crippen LogP) is 2.82. The largest absolute Gasteiger partial charge is 0.442 e. The van der Waals surface area contributed by atoms with Crippen molar-refractivity contribution < 1.29 is 17.4 Å². The van der Waals surface area contributed by atoms with E-state index in [1.54, 1.807) is 18.3 Å². The van der Waals surface area contributed by atoms with Crippen LogP contribution in [-0.2, 0) is 16.4 Å². The van der Waals surface area contributed by atoms with Crippen LogP contribution in [0.3, 0.4) is 0 Å². The first-order valence-corrected chi connectivity index (χ1v) is 10.8. The molecular formula is C18H23N5O4S. The van der Waals surface area contributed by atoms with Gasteiger partial charge in [-0.2, -0.15) is 14.4 Å². The number of nitrogens with one attached hydrogen (secondary N) is 1. The Bertz CT molecular complexity index is 1020. The van der Waals surface area contributed by atoms with E-state index in [0.29, 0.717) is 42.2 Å². The van der Waals surface area contributed by atoms with Crippen molar-refractivity contribution in [1.82, 2.24) is 24.6 Å². The number of aromatic amines is 1. The van der Waals surface area contributed by atoms with Gasteiger partial charge in [-0.15, -0.1) is 0 Å². The minimum absolute atomic E-state index is 0.0798. The number of hydrogen-bond donors (Lipinski definition) is 1. The Morgan fingerprint density at radius 1 is 1.32 bits per heavy atom. The van der Waals surface area contributed by atoms with Crippen molar-refractivity contribution in [3.05, 3.63) is 36.1 Å². The average molecular weight is 405 g/mol. The van der Waals surface area contributed by atoms with Gasteiger partial charge < -0.3 is 8.94 Å². The van der Waals surface area contributed by atoms with Crippen LogP contribution in [0.4, 0.5) is 0 Å². The van der Waals surface area contributed by atoms with Crippen LogP contribution < -0.4 is 0 Å². The number of hydrogen-bond acceptors (Lipinski definition) is 7. The fourth-order valence-corrected chi connectivity index (χ4v) is 4.80. The normalized spacial score (nSPS) is 18.8. The van der Waals surface area contributed by atoms with Crippen LogP contribution in [0, 0.1) is 5.92 Å². The van der Waals surface area contributed by atoms with Gasteiger partial charge in [-0.1, -0.05) is 19.0 Å². The molecule has 150 valence electrons. The van der Waals surface area contributed by atoms with Gasteiger partial charge in [0.2, 0.25) is 11.0 Å². The number of furan rings is 1. The SMILES string of the molecule is CC(C)Cc1noc(C2CCCN(S(=O)(=O)c3ccc(-c4ccn[nH]4)o3)C2)n1. The van der Waals surface area contributed by atoms with Crippen molar-refractivity contribution in [3.8, 4) is 11.5 Å². The fraction of sp³-hybridized carbons (Fsp3) is 0.500. The highest BCUT2D eigenvalue weighted by molar-refractivity contribution is 7.89. The Balaban J connectivity index is 1.51. The standard InChI is InChI=1S/C18H23N5O4S/c1-12(2)10-16-20-18(27-22-16)13-4-3-9-23(11-13)28(24,25)17-6-5-15(26-17)14-7-8-19-21-14/h5-8,12-13H,3-4,9-11H2,1-2H3,(H,19,21). The second kappa shape index (κ2) is 7.51. The molecule has 0 aromatic carbocycles. The number of sulfonamides is 1. The summed E-state index contributed by atoms with van der Waals surface area (Å²) in [7, 11) is -3.74. The molecular weight excluding hydrogens is 382 g/mol. The van der Waals surface area contributed by atoms with Crippen LogP contribution in [-0.4, -0.2) is 46.2 Å². The zero-order valence-corrected chi connectivity index (χ0v) is 16.6. The smallest absolute Gasteiger partial charge is 0.276 e. The maximum atomic E-state index is 13.0. The van der Waals surface area contributed by atoms with Gasteiger partial charge in [0.1, 0.15) is 5.69 Å². The number of rotatable bonds is 6. The van der Waals surface area contributed by atoms with Crippen LogP contribution >= 0.6 is 0 Å². The van der Waals surface area contributed by atoms with Crippen LogP contribution in [0.2, 0.25) is 0 Å². The molecule has 0 radical (unpaired) electrons. The molecule has 1 atom stereocenters. The first-order valence-electron chi connectivity index (χ1n) is 9.35. The molecule has 10 heteroatoms. The third kappa shape index (κ3) is 3.74. The van der Waals surface area contributed by atoms with Crippen LogP contribution in [0.5, 0.6) is 0 Å². The quantitative estimate of drug-likeness (QED) is 0.670. The van der Waals surface area contributed by atoms with Gasteiger partial charge in [-0.3, -0.25) is 5.10 Å². The minimum Gasteiger partial charge on any atom is -0.442 e. The van der Waals surface area contributed by atoms with Gasteiger partial charge in [-0.25, -0.2) is 8.42 Å². The van der Waals surface area contributed by atoms with Crippen LogP contribution in [0.15, 0.2) is 38.4 Å². The van der Waals surface area contributed by atoms with Crippen LogP contribution in [0.25, 0.3) is 11.5 Å². The van der Waals surface area contributed by atoms with Crippen LogP contribution in [0.1, 0.15) is 44.3 Å². The van der Waals surface area contributed by atoms with Crippen molar-refractivity contribution in [2.75, 3.05) is 13.1 Å². The molecule has 0 aliphatic carbocycles. The van der Waals surface area contributed by atoms with E-state index in [-0.39, 0.29) is 11.0 Å². The zero-order chi connectivity index (χ0) is 19.7. The minimum atomic E-state index is -3.74. The van der Waals surface area contributed by atoms with Crippen molar-refractivity contribution in [2.45, 2.75) is 44.1 Å². The van der Waals surface area contributed by atoms with E-state index < -0.39 is 10.0 Å². The van der Waals surface area contributed by atoms with Gasteiger partial charge >= 0.3 is 0 Å². The first kappa shape index (κ1) is 18.9. The second-order valence-corrected chi connectivity index (χ2v) is 9.31. The maximum absolute atomic E-state index is 13.0. The van der Waals surface area contributed by atoms with Gasteiger partial charge in [0.05, 0.1) is 5.92 Å². The molecule has 1 fully saturated rings. The summed E-state index contributed by atoms with van der Waals surface area (Å²) in [6, 6.07) is 4.82. The van der Waals surface area contributed by atoms with E-state index in [9.17, 15) is 8.42 Å². The van der Waals surface area contributed by atoms with Gasteiger partial charge in [0.15, 0.2) is 11.6 Å². The Morgan fingerprint density at radius 3 is 2.93 bits per heavy atom. The number of aromatic nitrogens is 4. The molecule has 4 heterocycles. The molecule has 0 bridgehead atoms. The topological polar surface area (TPSA) is 118 Å². The molecule has 28 heavy (non-hydrogen) atoms. The zero-order valence-electron chi connectivity index (χ0n) is 15.8. The monoisotopic (exact) mass is 405 g/mol. The van der Waals surface area contributed by atoms with E-state index in [1.807, 2.05) is 0 Å². The molecule has 1 aliphatic heterocycles. The highest BCUT2D eigenvalue weighted by Gasteiger charge is 2.35. The Morgan fingerprint density at radius 2 is 2.18 bits per heavy atom. The maximum Gasteiger partial charge on any atom is 0.276 e. The van der Waals surface area contributed by atoms with E-state index >= 15 is 0 Å². The third-order valence-electron chi connectivity index (χ3n) is 4.75. The van der Waals surface area contributed by atoms with Gasteiger partial charge in [0.25, 0.3) is 10.0 Å². The van der Waals surface area contributed by atoms with Gasteiger partial charge in [0, 0.05) is 25.7 Å². The lowest BCUT2D eigenvalue weighted by molar-refractivity contribution is 0.261. The third-order valence-corrected chi connectivity index (χ3v) is 6.49. The molecule has 3 aromatic rings. The molecule has 3 aromatic heterocycles. The molecule has 0 saturated carbocycles. The Hall–Kier alpha value is -2.46. The van der Waals surface area contributed by atoms with Crippen molar-refractivity contribution in [3.63, 3.8) is 0 Å². The Labute approximate surface area is 163 Å². The molecule has 1 saturated heterocycles. The van der Waals surface area contributed by atoms with Crippen molar-refractivity contribution in [2.24, 2.45) is 5.92 Å². The number of piperidine rings is 1. The summed E-state index contributed by atoms with van der Waals surface area (Å²) in [6.07, 6.45) is 3.85. The lowest BCUT2D eigenvalue weighted by atomic mass is 10.00. The first-order chi connectivity index (χ1) is 13.4. The molecule has 0 spiro atoms. The van der Waals surface area contributed by atoms with E-state index in [0.717, 1.165) is 19.3 Å². The van der Waals surface area contributed by atoms with E-state index in [2.05, 4.69) is 34.2 Å². The van der Waals surface area contributed by atoms with E-state index in [4.69, 9.17) is 8.94 Å². The fourth-order valence-electron chi connectivity index (χ4n) is 3.37. The summed E-state index contributed by atoms with van der Waals surface area (Å²) in [5.41, 5.74) is 0.626. The lowest BCUT2D eigenvalue weighted by Crippen LogP contribution is -2.39. The molecule has 9 nitrogen and oxygen atoms in total. The summed E-state index contributed by atoms with van der Waals surface area (Å²) >= 11 is 0. The van der Waals surface area contributed by atoms with Crippen molar-refractivity contribution >= 4 is 10.0 Å². The molecule has 1 unspecified atom stereocenters. The lowest BCUT2D eigenvalue weighted by Gasteiger charge is -2.29. The van der Waals surface area contributed by atoms with Gasteiger partial charge in [-0.05, 0) is 37.0 Å². The molecule has 4 rings (SSSR count). The summed E-state index contributed by atoms with van der Waals surface area (Å²) in [4.78, 5) is 4.47.